The molecule has 4 aromatic rings. The molecule has 0 aromatic heterocycles. The number of nitriles is 2. The van der Waals surface area contributed by atoms with Crippen molar-refractivity contribution in [3.63, 3.8) is 0 Å². The minimum Gasteiger partial charge on any atom is -0.460 e. The highest BCUT2D eigenvalue weighted by Gasteiger charge is 2.46. The number of amides is 4. The first-order chi connectivity index (χ1) is 45.8. The number of allylic oxidation sites excluding steroid dienone is 2. The van der Waals surface area contributed by atoms with Crippen molar-refractivity contribution in [3.05, 3.63) is 153 Å². The number of ether oxygens (including phenoxy) is 6. The van der Waals surface area contributed by atoms with E-state index in [0.717, 1.165) is 144 Å². The van der Waals surface area contributed by atoms with Gasteiger partial charge in [-0.3, -0.25) is 9.80 Å². The molecule has 4 amide bonds. The van der Waals surface area contributed by atoms with Gasteiger partial charge in [0.15, 0.2) is 12.6 Å². The third-order valence-corrected chi connectivity index (χ3v) is 17.7. The van der Waals surface area contributed by atoms with Crippen LogP contribution < -0.4 is 9.80 Å². The SMILES string of the molecule is CCN(CCCCCCCCN1C(=O)N(c2cccc(C(F)(F)F)c2)C(C)=C(C(=O)OCCOC2CCCCO2)C1c1ccc(C#N)cc1)CCCCCCCCN1C(=O)N(c2cccc(C(F)(F)F)c2)C(C)=C(C(=O)OCCOC2CCCCO2)C1c1ccc(C#N)cc1. The zero-order valence-electron chi connectivity index (χ0n) is 54.5. The smallest absolute Gasteiger partial charge is 0.416 e. The maximum Gasteiger partial charge on any atom is 0.416 e. The predicted molar refractivity (Wildman–Crippen MR) is 344 cm³/mol. The summed E-state index contributed by atoms with van der Waals surface area (Å²) >= 11 is 0. The minimum atomic E-state index is -4.70. The van der Waals surface area contributed by atoms with Gasteiger partial charge in [0.1, 0.15) is 13.2 Å². The van der Waals surface area contributed by atoms with Crippen molar-refractivity contribution in [2.45, 2.75) is 173 Å². The van der Waals surface area contributed by atoms with Crippen molar-refractivity contribution in [2.24, 2.45) is 0 Å². The lowest BCUT2D eigenvalue weighted by atomic mass is 9.91. The van der Waals surface area contributed by atoms with E-state index in [1.54, 1.807) is 48.5 Å². The minimum absolute atomic E-state index is 0.0455. The number of urea groups is 2. The monoisotopic (exact) mass is 1320 g/mol. The van der Waals surface area contributed by atoms with E-state index in [-0.39, 0.29) is 73.4 Å². The van der Waals surface area contributed by atoms with Crippen molar-refractivity contribution in [2.75, 3.05) is 82.2 Å². The fraction of sp³-hybridized carbons (Fsp3) is 0.528. The van der Waals surface area contributed by atoms with Gasteiger partial charge in [-0.05, 0) is 169 Å². The second-order valence-corrected chi connectivity index (χ2v) is 24.3. The van der Waals surface area contributed by atoms with Crippen LogP contribution in [0.1, 0.15) is 182 Å². The average Bonchev–Trinajstić information content (AvgIpc) is 0.755. The molecular formula is C72H87F6N7O10. The van der Waals surface area contributed by atoms with Crippen molar-refractivity contribution in [3.8, 4) is 12.1 Å². The van der Waals surface area contributed by atoms with Crippen LogP contribution in [0.3, 0.4) is 0 Å². The summed E-state index contributed by atoms with van der Waals surface area (Å²) in [7, 11) is 0. The van der Waals surface area contributed by atoms with Gasteiger partial charge in [0.05, 0.1) is 82.2 Å². The molecule has 0 spiro atoms. The van der Waals surface area contributed by atoms with Crippen LogP contribution in [0.25, 0.3) is 0 Å². The van der Waals surface area contributed by atoms with Crippen LogP contribution in [0.4, 0.5) is 47.3 Å². The number of alkyl halides is 6. The van der Waals surface area contributed by atoms with Crippen LogP contribution in [-0.4, -0.2) is 124 Å². The highest BCUT2D eigenvalue weighted by atomic mass is 19.4. The second-order valence-electron chi connectivity index (χ2n) is 24.3. The Morgan fingerprint density at radius 1 is 0.537 bits per heavy atom. The standard InChI is InChI=1S/C72H87F6N7O10/c1-4-81(37-15-9-5-7-11-17-39-82-65(55-33-29-53(49-79)30-34-55)63(67(86)94-45-43-92-61-27-13-19-41-90-61)51(2)84(69(82)88)59-25-21-23-57(47-59)71(73,74)75)38-16-10-6-8-12-18-40-83-66(56-35-31-54(50-80)32-36-56)64(68(87)95-46-44-93-62-28-14-20-42-91-62)52(3)85(70(83)89)60-26-22-24-58(48-60)72(76,77)78/h21-26,29-36,47-48,61-62,65-66H,4-20,27-28,37-46H2,1-3H3. The topological polar surface area (TPSA) is 187 Å². The first-order valence-electron chi connectivity index (χ1n) is 33.3. The van der Waals surface area contributed by atoms with Gasteiger partial charge in [0.2, 0.25) is 0 Å². The third-order valence-electron chi connectivity index (χ3n) is 17.7. The summed E-state index contributed by atoms with van der Waals surface area (Å²) in [5.74, 6) is -1.52. The van der Waals surface area contributed by atoms with Gasteiger partial charge in [0, 0.05) is 37.7 Å². The van der Waals surface area contributed by atoms with Gasteiger partial charge in [-0.25, -0.2) is 19.2 Å². The Bertz CT molecular complexity index is 3120. The maximum atomic E-state index is 14.8. The number of carbonyl (C=O) groups is 4. The van der Waals surface area contributed by atoms with Crippen molar-refractivity contribution in [1.29, 1.82) is 10.5 Å². The molecule has 4 aliphatic heterocycles. The van der Waals surface area contributed by atoms with E-state index >= 15 is 0 Å². The summed E-state index contributed by atoms with van der Waals surface area (Å²) in [6.45, 7) is 9.17. The van der Waals surface area contributed by atoms with E-state index in [1.165, 1.54) is 47.9 Å². The number of hydrogen-bond acceptors (Lipinski definition) is 13. The Hall–Kier alpha value is -7.80. The number of rotatable bonds is 33. The molecular weight excluding hydrogens is 1240 g/mol. The molecule has 23 heteroatoms. The largest absolute Gasteiger partial charge is 0.460 e. The first-order valence-corrected chi connectivity index (χ1v) is 33.3. The first kappa shape index (κ1) is 73.0. The van der Waals surface area contributed by atoms with E-state index in [0.29, 0.717) is 61.2 Å². The highest BCUT2D eigenvalue weighted by Crippen LogP contribution is 2.44. The molecule has 2 saturated heterocycles. The van der Waals surface area contributed by atoms with E-state index in [4.69, 9.17) is 28.4 Å². The van der Waals surface area contributed by atoms with Crippen molar-refractivity contribution in [1.82, 2.24) is 14.7 Å². The van der Waals surface area contributed by atoms with Gasteiger partial charge in [-0.2, -0.15) is 36.9 Å². The summed E-state index contributed by atoms with van der Waals surface area (Å²) < 4.78 is 119. The summed E-state index contributed by atoms with van der Waals surface area (Å²) in [6.07, 6.45) is 4.90. The summed E-state index contributed by atoms with van der Waals surface area (Å²) in [5.41, 5.74) is 0.142. The molecule has 4 aromatic carbocycles. The number of unbranched alkanes of at least 4 members (excludes halogenated alkanes) is 10. The molecule has 0 bridgehead atoms. The molecule has 2 fully saturated rings. The Morgan fingerprint density at radius 3 is 1.26 bits per heavy atom. The fourth-order valence-corrected chi connectivity index (χ4v) is 12.7. The quantitative estimate of drug-likeness (QED) is 0.0249. The van der Waals surface area contributed by atoms with Gasteiger partial charge in [-0.1, -0.05) is 94.7 Å². The van der Waals surface area contributed by atoms with Crippen molar-refractivity contribution >= 4 is 35.4 Å². The van der Waals surface area contributed by atoms with E-state index in [1.807, 2.05) is 0 Å². The van der Waals surface area contributed by atoms with E-state index in [9.17, 15) is 56.0 Å². The number of nitrogens with zero attached hydrogens (tertiary/aromatic N) is 7. The molecule has 512 valence electrons. The Labute approximate surface area is 553 Å². The predicted octanol–water partition coefficient (Wildman–Crippen LogP) is 15.9. The number of anilines is 2. The van der Waals surface area contributed by atoms with Crippen LogP contribution in [0.2, 0.25) is 0 Å². The van der Waals surface area contributed by atoms with E-state index < -0.39 is 72.1 Å². The molecule has 8 rings (SSSR count). The van der Waals surface area contributed by atoms with Crippen LogP contribution >= 0.6 is 0 Å². The Balaban J connectivity index is 0.825. The summed E-state index contributed by atoms with van der Waals surface area (Å²) in [4.78, 5) is 66.0. The molecule has 4 unspecified atom stereocenters. The molecule has 0 N–H and O–H groups in total. The fourth-order valence-electron chi connectivity index (χ4n) is 12.7. The molecule has 0 saturated carbocycles. The molecule has 4 aliphatic rings. The zero-order chi connectivity index (χ0) is 67.9. The van der Waals surface area contributed by atoms with Crippen LogP contribution in [0, 0.1) is 22.7 Å². The third kappa shape index (κ3) is 20.1. The van der Waals surface area contributed by atoms with Crippen LogP contribution in [0.5, 0.6) is 0 Å². The molecule has 4 heterocycles. The number of hydrogen-bond donors (Lipinski definition) is 0. The molecule has 4 atom stereocenters. The molecule has 0 radical (unpaired) electrons. The van der Waals surface area contributed by atoms with Crippen molar-refractivity contribution < 1.29 is 73.9 Å². The average molecular weight is 1320 g/mol. The summed E-state index contributed by atoms with van der Waals surface area (Å²) in [5, 5.41) is 19.2. The lowest BCUT2D eigenvalue weighted by molar-refractivity contribution is -0.172. The highest BCUT2D eigenvalue weighted by molar-refractivity contribution is 6.04. The molecule has 0 aliphatic carbocycles. The maximum absolute atomic E-state index is 14.8. The Morgan fingerprint density at radius 2 is 0.916 bits per heavy atom. The number of esters is 2. The number of carbonyl (C=O) groups excluding carboxylic acids is 4. The lowest BCUT2D eigenvalue weighted by Crippen LogP contribution is -2.51. The Kier molecular flexibility index (Phi) is 27.5. The zero-order valence-corrected chi connectivity index (χ0v) is 54.5. The van der Waals surface area contributed by atoms with Crippen LogP contribution in [0.15, 0.2) is 120 Å². The number of benzene rings is 4. The van der Waals surface area contributed by atoms with Gasteiger partial charge >= 0.3 is 36.4 Å². The summed E-state index contributed by atoms with van der Waals surface area (Å²) in [6, 6.07) is 23.0. The van der Waals surface area contributed by atoms with Crippen LogP contribution in [-0.2, 0) is 50.4 Å². The van der Waals surface area contributed by atoms with Gasteiger partial charge in [0.25, 0.3) is 0 Å². The van der Waals surface area contributed by atoms with E-state index in [2.05, 4.69) is 24.0 Å². The lowest BCUT2D eigenvalue weighted by Gasteiger charge is -2.43. The van der Waals surface area contributed by atoms with Gasteiger partial charge in [-0.15, -0.1) is 0 Å². The molecule has 95 heavy (non-hydrogen) atoms. The number of halogens is 6. The second kappa shape index (κ2) is 35.8. The van der Waals surface area contributed by atoms with Gasteiger partial charge < -0.3 is 43.1 Å². The molecule has 17 nitrogen and oxygen atoms in total. The normalized spacial score (nSPS) is 18.9.